The molecule has 0 aliphatic heterocycles. The van der Waals surface area contributed by atoms with Crippen LogP contribution in [0.25, 0.3) is 0 Å². The third kappa shape index (κ3) is 3.16. The fourth-order valence-electron chi connectivity index (χ4n) is 1.73. The van der Waals surface area contributed by atoms with E-state index in [-0.39, 0.29) is 0 Å². The second-order valence-corrected chi connectivity index (χ2v) is 4.37. The number of hydrogen-bond acceptors (Lipinski definition) is 3. The summed E-state index contributed by atoms with van der Waals surface area (Å²) in [5.74, 6) is 0. The lowest BCUT2D eigenvalue weighted by atomic mass is 10.2. The monoisotopic (exact) mass is 225 g/mol. The van der Waals surface area contributed by atoms with Crippen LogP contribution in [0.15, 0.2) is 18.3 Å². The van der Waals surface area contributed by atoms with Gasteiger partial charge in [0.05, 0.1) is 0 Å². The molecular formula is C11H16ClN3. The summed E-state index contributed by atoms with van der Waals surface area (Å²) < 4.78 is 0. The van der Waals surface area contributed by atoms with E-state index in [2.05, 4.69) is 9.88 Å². The molecule has 4 heteroatoms. The Morgan fingerprint density at radius 2 is 2.27 bits per heavy atom. The largest absolute Gasteiger partial charge is 0.329 e. The van der Waals surface area contributed by atoms with Gasteiger partial charge in [-0.15, -0.1) is 0 Å². The maximum atomic E-state index is 5.74. The summed E-state index contributed by atoms with van der Waals surface area (Å²) in [6.07, 6.45) is 4.45. The van der Waals surface area contributed by atoms with Gasteiger partial charge in [-0.25, -0.2) is 4.98 Å². The van der Waals surface area contributed by atoms with Crippen molar-refractivity contribution in [1.29, 1.82) is 0 Å². The molecule has 2 rings (SSSR count). The van der Waals surface area contributed by atoms with Gasteiger partial charge in [-0.3, -0.25) is 4.90 Å². The minimum absolute atomic E-state index is 0.551. The van der Waals surface area contributed by atoms with E-state index in [1.165, 1.54) is 18.4 Å². The van der Waals surface area contributed by atoms with E-state index < -0.39 is 0 Å². The van der Waals surface area contributed by atoms with Crippen molar-refractivity contribution in [1.82, 2.24) is 9.88 Å². The van der Waals surface area contributed by atoms with Gasteiger partial charge in [-0.1, -0.05) is 17.7 Å². The Labute approximate surface area is 95.2 Å². The molecule has 0 radical (unpaired) electrons. The SMILES string of the molecule is NCCN(Cc1ccc(Cl)nc1)C1CC1. The fraction of sp³-hybridized carbons (Fsp3) is 0.545. The highest BCUT2D eigenvalue weighted by atomic mass is 35.5. The maximum absolute atomic E-state index is 5.74. The molecule has 0 saturated heterocycles. The van der Waals surface area contributed by atoms with Crippen molar-refractivity contribution in [3.63, 3.8) is 0 Å². The Kier molecular flexibility index (Phi) is 3.57. The summed E-state index contributed by atoms with van der Waals surface area (Å²) in [5.41, 5.74) is 6.80. The zero-order valence-corrected chi connectivity index (χ0v) is 9.45. The summed E-state index contributed by atoms with van der Waals surface area (Å²) in [6.45, 7) is 2.62. The summed E-state index contributed by atoms with van der Waals surface area (Å²) >= 11 is 5.74. The fourth-order valence-corrected chi connectivity index (χ4v) is 1.84. The molecule has 15 heavy (non-hydrogen) atoms. The molecule has 1 heterocycles. The first-order valence-electron chi connectivity index (χ1n) is 5.34. The van der Waals surface area contributed by atoms with E-state index in [1.807, 2.05) is 18.3 Å². The smallest absolute Gasteiger partial charge is 0.129 e. The van der Waals surface area contributed by atoms with E-state index in [0.717, 1.165) is 25.7 Å². The van der Waals surface area contributed by atoms with Crippen molar-refractivity contribution >= 4 is 11.6 Å². The van der Waals surface area contributed by atoms with E-state index in [1.54, 1.807) is 0 Å². The van der Waals surface area contributed by atoms with Crippen molar-refractivity contribution in [2.75, 3.05) is 13.1 Å². The summed E-state index contributed by atoms with van der Waals surface area (Å²) in [6, 6.07) is 4.61. The molecule has 1 aromatic heterocycles. The third-order valence-electron chi connectivity index (χ3n) is 2.65. The van der Waals surface area contributed by atoms with Gasteiger partial charge < -0.3 is 5.73 Å². The van der Waals surface area contributed by atoms with Gasteiger partial charge in [0.25, 0.3) is 0 Å². The van der Waals surface area contributed by atoms with Crippen molar-refractivity contribution in [3.8, 4) is 0 Å². The molecule has 1 saturated carbocycles. The second kappa shape index (κ2) is 4.92. The van der Waals surface area contributed by atoms with Crippen LogP contribution in [0.1, 0.15) is 18.4 Å². The Morgan fingerprint density at radius 3 is 2.80 bits per heavy atom. The molecule has 82 valence electrons. The normalized spacial score (nSPS) is 15.9. The first-order chi connectivity index (χ1) is 7.29. The second-order valence-electron chi connectivity index (χ2n) is 3.98. The molecule has 0 amide bonds. The molecule has 3 nitrogen and oxygen atoms in total. The van der Waals surface area contributed by atoms with Crippen LogP contribution in [0.5, 0.6) is 0 Å². The van der Waals surface area contributed by atoms with Gasteiger partial charge >= 0.3 is 0 Å². The average molecular weight is 226 g/mol. The van der Waals surface area contributed by atoms with Crippen molar-refractivity contribution in [2.24, 2.45) is 5.73 Å². The van der Waals surface area contributed by atoms with E-state index in [9.17, 15) is 0 Å². The number of halogens is 1. The van der Waals surface area contributed by atoms with Crippen molar-refractivity contribution in [2.45, 2.75) is 25.4 Å². The molecule has 0 bridgehead atoms. The van der Waals surface area contributed by atoms with Crippen LogP contribution < -0.4 is 5.73 Å². The highest BCUT2D eigenvalue weighted by Gasteiger charge is 2.28. The van der Waals surface area contributed by atoms with Gasteiger partial charge in [0.15, 0.2) is 0 Å². The number of nitrogens with zero attached hydrogens (tertiary/aromatic N) is 2. The van der Waals surface area contributed by atoms with Crippen molar-refractivity contribution in [3.05, 3.63) is 29.0 Å². The number of aromatic nitrogens is 1. The zero-order chi connectivity index (χ0) is 10.7. The van der Waals surface area contributed by atoms with Crippen LogP contribution in [-0.4, -0.2) is 29.0 Å². The molecule has 2 N–H and O–H groups in total. The Bertz CT molecular complexity index is 308. The number of hydrogen-bond donors (Lipinski definition) is 1. The molecule has 1 fully saturated rings. The van der Waals surface area contributed by atoms with Crippen LogP contribution in [0.3, 0.4) is 0 Å². The maximum Gasteiger partial charge on any atom is 0.129 e. The summed E-state index contributed by atoms with van der Waals surface area (Å²) in [7, 11) is 0. The van der Waals surface area contributed by atoms with Crippen LogP contribution in [-0.2, 0) is 6.54 Å². The molecule has 0 spiro atoms. The van der Waals surface area contributed by atoms with Crippen LogP contribution in [0.2, 0.25) is 5.15 Å². The van der Waals surface area contributed by atoms with Crippen LogP contribution >= 0.6 is 11.6 Å². The highest BCUT2D eigenvalue weighted by Crippen LogP contribution is 2.27. The Morgan fingerprint density at radius 1 is 1.47 bits per heavy atom. The molecule has 1 aromatic rings. The quantitative estimate of drug-likeness (QED) is 0.775. The van der Waals surface area contributed by atoms with E-state index in [0.29, 0.717) is 5.15 Å². The van der Waals surface area contributed by atoms with Gasteiger partial charge in [0.2, 0.25) is 0 Å². The van der Waals surface area contributed by atoms with Crippen LogP contribution in [0.4, 0.5) is 0 Å². The molecule has 1 aliphatic rings. The average Bonchev–Trinajstić information content (AvgIpc) is 3.04. The highest BCUT2D eigenvalue weighted by molar-refractivity contribution is 6.29. The minimum atomic E-state index is 0.551. The summed E-state index contributed by atoms with van der Waals surface area (Å²) in [5, 5.41) is 0.551. The van der Waals surface area contributed by atoms with Gasteiger partial charge in [-0.05, 0) is 24.5 Å². The molecule has 0 atom stereocenters. The summed E-state index contributed by atoms with van der Waals surface area (Å²) in [4.78, 5) is 6.50. The first-order valence-corrected chi connectivity index (χ1v) is 5.72. The van der Waals surface area contributed by atoms with Crippen LogP contribution in [0, 0.1) is 0 Å². The Hall–Kier alpha value is -0.640. The predicted molar refractivity (Wildman–Crippen MR) is 61.7 cm³/mol. The number of pyridine rings is 1. The zero-order valence-electron chi connectivity index (χ0n) is 8.69. The van der Waals surface area contributed by atoms with E-state index in [4.69, 9.17) is 17.3 Å². The topological polar surface area (TPSA) is 42.1 Å². The first kappa shape index (κ1) is 10.9. The standard InChI is InChI=1S/C11H16ClN3/c12-11-4-1-9(7-14-11)8-15(6-5-13)10-2-3-10/h1,4,7,10H,2-3,5-6,8,13H2. The lowest BCUT2D eigenvalue weighted by Gasteiger charge is -2.20. The Balaban J connectivity index is 1.95. The molecule has 1 aliphatic carbocycles. The molecule has 0 unspecified atom stereocenters. The number of nitrogens with two attached hydrogens (primary N) is 1. The van der Waals surface area contributed by atoms with E-state index >= 15 is 0 Å². The van der Waals surface area contributed by atoms with Crippen molar-refractivity contribution < 1.29 is 0 Å². The number of rotatable bonds is 5. The van der Waals surface area contributed by atoms with Gasteiger partial charge in [0, 0.05) is 31.9 Å². The molecule has 0 aromatic carbocycles. The minimum Gasteiger partial charge on any atom is -0.329 e. The predicted octanol–water partition coefficient (Wildman–Crippen LogP) is 1.66. The van der Waals surface area contributed by atoms with Gasteiger partial charge in [-0.2, -0.15) is 0 Å². The third-order valence-corrected chi connectivity index (χ3v) is 2.88. The van der Waals surface area contributed by atoms with Gasteiger partial charge in [0.1, 0.15) is 5.15 Å². The lowest BCUT2D eigenvalue weighted by Crippen LogP contribution is -2.31. The molecular weight excluding hydrogens is 210 g/mol. The lowest BCUT2D eigenvalue weighted by molar-refractivity contribution is 0.262.